The van der Waals surface area contributed by atoms with Crippen molar-refractivity contribution in [2.45, 2.75) is 32.4 Å². The van der Waals surface area contributed by atoms with Crippen molar-refractivity contribution in [3.63, 3.8) is 0 Å². The highest BCUT2D eigenvalue weighted by Gasteiger charge is 2.20. The highest BCUT2D eigenvalue weighted by atomic mass is 16.4. The Morgan fingerprint density at radius 1 is 1.05 bits per heavy atom. The van der Waals surface area contributed by atoms with Crippen LogP contribution in [0.1, 0.15) is 19.4 Å². The Morgan fingerprint density at radius 3 is 2.20 bits per heavy atom. The molecule has 0 radical (unpaired) electrons. The third kappa shape index (κ3) is 5.09. The van der Waals surface area contributed by atoms with Crippen LogP contribution >= 0.6 is 0 Å². The molecule has 0 aliphatic rings. The Balaban J connectivity index is 2.45. The van der Waals surface area contributed by atoms with E-state index < -0.39 is 24.0 Å². The maximum atomic E-state index is 11.7. The average Bonchev–Trinajstić information content (AvgIpc) is 2.39. The summed E-state index contributed by atoms with van der Waals surface area (Å²) >= 11 is 0. The Bertz CT molecular complexity index is 487. The Kier molecular flexibility index (Phi) is 5.71. The van der Waals surface area contributed by atoms with Crippen LogP contribution in [-0.2, 0) is 20.8 Å². The molecule has 2 atom stereocenters. The number of hydrogen-bond donors (Lipinski definition) is 3. The summed E-state index contributed by atoms with van der Waals surface area (Å²) in [5.41, 5.74) is 0.844. The summed E-state index contributed by atoms with van der Waals surface area (Å²) in [4.78, 5) is 34.0. The van der Waals surface area contributed by atoms with E-state index in [4.69, 9.17) is 5.11 Å². The van der Waals surface area contributed by atoms with Gasteiger partial charge < -0.3 is 15.7 Å². The third-order valence-electron chi connectivity index (χ3n) is 2.71. The molecule has 0 fully saturated rings. The lowest BCUT2D eigenvalue weighted by Crippen LogP contribution is -2.49. The van der Waals surface area contributed by atoms with Crippen molar-refractivity contribution in [1.82, 2.24) is 10.6 Å². The molecular weight excluding hydrogens is 260 g/mol. The Morgan fingerprint density at radius 2 is 1.65 bits per heavy atom. The fourth-order valence-electron chi connectivity index (χ4n) is 1.54. The number of hydrogen-bond acceptors (Lipinski definition) is 3. The average molecular weight is 278 g/mol. The Hall–Kier alpha value is -2.37. The molecule has 0 heterocycles. The van der Waals surface area contributed by atoms with Gasteiger partial charge in [-0.15, -0.1) is 0 Å². The predicted molar refractivity (Wildman–Crippen MR) is 73.0 cm³/mol. The minimum absolute atomic E-state index is 0.174. The van der Waals surface area contributed by atoms with Gasteiger partial charge in [0.05, 0.1) is 6.42 Å². The molecule has 108 valence electrons. The molecule has 0 aliphatic carbocycles. The molecule has 6 nitrogen and oxygen atoms in total. The molecule has 0 saturated heterocycles. The van der Waals surface area contributed by atoms with Crippen LogP contribution < -0.4 is 10.6 Å². The highest BCUT2D eigenvalue weighted by Crippen LogP contribution is 1.99. The normalized spacial score (nSPS) is 13.1. The quantitative estimate of drug-likeness (QED) is 0.698. The topological polar surface area (TPSA) is 95.5 Å². The molecule has 1 unspecified atom stereocenters. The third-order valence-corrected chi connectivity index (χ3v) is 2.71. The summed E-state index contributed by atoms with van der Waals surface area (Å²) in [5, 5.41) is 13.5. The molecule has 0 saturated carbocycles. The van der Waals surface area contributed by atoms with Gasteiger partial charge in [0.25, 0.3) is 0 Å². The molecule has 0 aliphatic heterocycles. The second-order valence-corrected chi connectivity index (χ2v) is 4.52. The summed E-state index contributed by atoms with van der Waals surface area (Å²) in [7, 11) is 0. The van der Waals surface area contributed by atoms with Crippen LogP contribution in [0.3, 0.4) is 0 Å². The van der Waals surface area contributed by atoms with E-state index in [1.165, 1.54) is 13.8 Å². The number of carbonyl (C=O) groups is 3. The fraction of sp³-hybridized carbons (Fsp3) is 0.357. The van der Waals surface area contributed by atoms with Crippen LogP contribution in [-0.4, -0.2) is 35.0 Å². The maximum absolute atomic E-state index is 11.7. The van der Waals surface area contributed by atoms with Gasteiger partial charge in [0.2, 0.25) is 11.8 Å². The summed E-state index contributed by atoms with van der Waals surface area (Å²) in [6.45, 7) is 2.87. The van der Waals surface area contributed by atoms with Gasteiger partial charge in [-0.2, -0.15) is 0 Å². The van der Waals surface area contributed by atoms with Crippen LogP contribution in [0.4, 0.5) is 0 Å². The molecule has 1 aromatic rings. The standard InChI is InChI=1S/C14H18N2O4/c1-9(13(18)16-10(2)14(19)20)15-12(17)8-11-6-4-3-5-7-11/h3-7,9-10H,8H2,1-2H3,(H,15,17)(H,16,18)(H,19,20)/t9-,10?/m1/s1. The summed E-state index contributed by atoms with van der Waals surface area (Å²) in [5.74, 6) is -1.94. The molecule has 2 amide bonds. The van der Waals surface area contributed by atoms with Crippen molar-refractivity contribution in [2.75, 3.05) is 0 Å². The minimum atomic E-state index is -1.12. The zero-order valence-corrected chi connectivity index (χ0v) is 11.4. The second-order valence-electron chi connectivity index (χ2n) is 4.52. The van der Waals surface area contributed by atoms with E-state index in [0.717, 1.165) is 5.56 Å². The van der Waals surface area contributed by atoms with Gasteiger partial charge in [0.1, 0.15) is 12.1 Å². The first-order chi connectivity index (χ1) is 9.40. The zero-order chi connectivity index (χ0) is 15.1. The number of carbonyl (C=O) groups excluding carboxylic acids is 2. The van der Waals surface area contributed by atoms with E-state index in [0.29, 0.717) is 0 Å². The SMILES string of the molecule is CC(NC(=O)[C@@H](C)NC(=O)Cc1ccccc1)C(=O)O. The minimum Gasteiger partial charge on any atom is -0.480 e. The molecular formula is C14H18N2O4. The summed E-state index contributed by atoms with van der Waals surface area (Å²) in [6, 6.07) is 7.36. The molecule has 3 N–H and O–H groups in total. The summed E-state index contributed by atoms with van der Waals surface area (Å²) in [6.07, 6.45) is 0.174. The lowest BCUT2D eigenvalue weighted by Gasteiger charge is -2.16. The molecule has 1 rings (SSSR count). The first-order valence-corrected chi connectivity index (χ1v) is 6.26. The van der Waals surface area contributed by atoms with Crippen molar-refractivity contribution in [3.8, 4) is 0 Å². The molecule has 6 heteroatoms. The van der Waals surface area contributed by atoms with Gasteiger partial charge in [-0.3, -0.25) is 14.4 Å². The van der Waals surface area contributed by atoms with E-state index >= 15 is 0 Å². The smallest absolute Gasteiger partial charge is 0.325 e. The monoisotopic (exact) mass is 278 g/mol. The number of aliphatic carboxylic acids is 1. The number of amides is 2. The van der Waals surface area contributed by atoms with E-state index in [1.807, 2.05) is 30.3 Å². The van der Waals surface area contributed by atoms with E-state index in [2.05, 4.69) is 10.6 Å². The van der Waals surface area contributed by atoms with Crippen molar-refractivity contribution in [2.24, 2.45) is 0 Å². The van der Waals surface area contributed by atoms with Crippen LogP contribution in [0, 0.1) is 0 Å². The molecule has 0 spiro atoms. The molecule has 1 aromatic carbocycles. The van der Waals surface area contributed by atoms with Gasteiger partial charge in [0, 0.05) is 0 Å². The summed E-state index contributed by atoms with van der Waals surface area (Å²) < 4.78 is 0. The maximum Gasteiger partial charge on any atom is 0.325 e. The van der Waals surface area contributed by atoms with Gasteiger partial charge in [-0.05, 0) is 19.4 Å². The lowest BCUT2D eigenvalue weighted by molar-refractivity contribution is -0.141. The number of carboxylic acid groups (broad SMARTS) is 1. The van der Waals surface area contributed by atoms with Gasteiger partial charge in [-0.25, -0.2) is 0 Å². The number of rotatable bonds is 6. The number of carboxylic acids is 1. The first kappa shape index (κ1) is 15.7. The fourth-order valence-corrected chi connectivity index (χ4v) is 1.54. The predicted octanol–water partition coefficient (Wildman–Crippen LogP) is 0.323. The van der Waals surface area contributed by atoms with Crippen molar-refractivity contribution in [3.05, 3.63) is 35.9 Å². The molecule has 0 bridgehead atoms. The second kappa shape index (κ2) is 7.28. The lowest BCUT2D eigenvalue weighted by atomic mass is 10.1. The first-order valence-electron chi connectivity index (χ1n) is 6.26. The van der Waals surface area contributed by atoms with Crippen molar-refractivity contribution >= 4 is 17.8 Å². The van der Waals surface area contributed by atoms with Gasteiger partial charge >= 0.3 is 5.97 Å². The van der Waals surface area contributed by atoms with Crippen molar-refractivity contribution < 1.29 is 19.5 Å². The van der Waals surface area contributed by atoms with E-state index in [1.54, 1.807) is 0 Å². The van der Waals surface area contributed by atoms with E-state index in [9.17, 15) is 14.4 Å². The zero-order valence-electron chi connectivity index (χ0n) is 11.4. The van der Waals surface area contributed by atoms with Crippen LogP contribution in [0.15, 0.2) is 30.3 Å². The van der Waals surface area contributed by atoms with Gasteiger partial charge in [-0.1, -0.05) is 30.3 Å². The highest BCUT2D eigenvalue weighted by molar-refractivity contribution is 5.90. The number of benzene rings is 1. The van der Waals surface area contributed by atoms with Crippen LogP contribution in [0.5, 0.6) is 0 Å². The largest absolute Gasteiger partial charge is 0.480 e. The van der Waals surface area contributed by atoms with Gasteiger partial charge in [0.15, 0.2) is 0 Å². The van der Waals surface area contributed by atoms with Crippen LogP contribution in [0.2, 0.25) is 0 Å². The van der Waals surface area contributed by atoms with Crippen molar-refractivity contribution in [1.29, 1.82) is 0 Å². The van der Waals surface area contributed by atoms with Crippen LogP contribution in [0.25, 0.3) is 0 Å². The Labute approximate surface area is 117 Å². The number of nitrogens with one attached hydrogen (secondary N) is 2. The van der Waals surface area contributed by atoms with E-state index in [-0.39, 0.29) is 12.3 Å². The molecule has 0 aromatic heterocycles. The molecule has 20 heavy (non-hydrogen) atoms.